The first kappa shape index (κ1) is 21.7. The maximum absolute atomic E-state index is 11.3. The fourth-order valence-electron chi connectivity index (χ4n) is 3.17. The van der Waals surface area contributed by atoms with Crippen LogP contribution in [-0.2, 0) is 22.4 Å². The minimum absolute atomic E-state index is 0.0665. The van der Waals surface area contributed by atoms with Gasteiger partial charge in [0.25, 0.3) is 0 Å². The summed E-state index contributed by atoms with van der Waals surface area (Å²) in [5.74, 6) is -0.0665. The average molecular weight is 347 g/mol. The molecule has 25 heavy (non-hydrogen) atoms. The predicted octanol–water partition coefficient (Wildman–Crippen LogP) is 6.65. The molecule has 0 fully saturated rings. The molecule has 0 saturated carbocycles. The number of aryl methyl sites for hydroxylation is 2. The monoisotopic (exact) mass is 346 g/mol. The lowest BCUT2D eigenvalue weighted by Crippen LogP contribution is -2.03. The number of esters is 1. The Bertz CT molecular complexity index is 436. The Morgan fingerprint density at radius 2 is 1.20 bits per heavy atom. The van der Waals surface area contributed by atoms with Crippen molar-refractivity contribution in [3.8, 4) is 0 Å². The Kier molecular flexibility index (Phi) is 13.0. The molecule has 0 spiro atoms. The van der Waals surface area contributed by atoms with Crippen LogP contribution in [0.25, 0.3) is 0 Å². The summed E-state index contributed by atoms with van der Waals surface area (Å²) >= 11 is 0. The van der Waals surface area contributed by atoms with Crippen LogP contribution in [0.15, 0.2) is 24.3 Å². The lowest BCUT2D eigenvalue weighted by molar-refractivity contribution is -0.143. The Hall–Kier alpha value is -1.31. The first-order valence-electron chi connectivity index (χ1n) is 10.5. The van der Waals surface area contributed by atoms with Gasteiger partial charge in [0.05, 0.1) is 6.61 Å². The van der Waals surface area contributed by atoms with Crippen LogP contribution in [0.3, 0.4) is 0 Å². The van der Waals surface area contributed by atoms with E-state index in [1.807, 2.05) is 6.92 Å². The van der Waals surface area contributed by atoms with Gasteiger partial charge in [0.15, 0.2) is 0 Å². The van der Waals surface area contributed by atoms with E-state index in [1.54, 1.807) is 0 Å². The summed E-state index contributed by atoms with van der Waals surface area (Å²) in [6, 6.07) is 9.07. The van der Waals surface area contributed by atoms with Crippen molar-refractivity contribution in [2.75, 3.05) is 6.61 Å². The Morgan fingerprint density at radius 3 is 1.72 bits per heavy atom. The Balaban J connectivity index is 2.06. The third-order valence-corrected chi connectivity index (χ3v) is 4.74. The number of carbonyl (C=O) groups excluding carboxylic acids is 1. The maximum Gasteiger partial charge on any atom is 0.305 e. The standard InChI is InChI=1S/C23H38O2/c1-3-5-6-7-8-9-10-11-14-21-17-19-22(20-18-21)15-12-13-16-23(24)25-4-2/h17-20H,3-16H2,1-2H3. The molecule has 142 valence electrons. The molecule has 0 radical (unpaired) electrons. The van der Waals surface area contributed by atoms with Crippen LogP contribution >= 0.6 is 0 Å². The molecule has 1 aromatic rings. The van der Waals surface area contributed by atoms with Gasteiger partial charge in [-0.2, -0.15) is 0 Å². The minimum atomic E-state index is -0.0665. The Morgan fingerprint density at radius 1 is 0.720 bits per heavy atom. The zero-order valence-corrected chi connectivity index (χ0v) is 16.5. The number of rotatable bonds is 15. The maximum atomic E-state index is 11.3. The number of carbonyl (C=O) groups is 1. The van der Waals surface area contributed by atoms with Gasteiger partial charge in [0.2, 0.25) is 0 Å². The molecule has 0 unspecified atom stereocenters. The number of ether oxygens (including phenoxy) is 1. The van der Waals surface area contributed by atoms with E-state index in [-0.39, 0.29) is 5.97 Å². The number of unbranched alkanes of at least 4 members (excludes halogenated alkanes) is 8. The zero-order valence-electron chi connectivity index (χ0n) is 16.5. The van der Waals surface area contributed by atoms with Crippen molar-refractivity contribution < 1.29 is 9.53 Å². The molecule has 2 heteroatoms. The molecule has 1 rings (SSSR count). The van der Waals surface area contributed by atoms with Crippen LogP contribution in [-0.4, -0.2) is 12.6 Å². The third-order valence-electron chi connectivity index (χ3n) is 4.74. The van der Waals surface area contributed by atoms with Gasteiger partial charge in [0.1, 0.15) is 0 Å². The summed E-state index contributed by atoms with van der Waals surface area (Å²) in [4.78, 5) is 11.3. The topological polar surface area (TPSA) is 26.3 Å². The first-order valence-corrected chi connectivity index (χ1v) is 10.5. The van der Waals surface area contributed by atoms with Crippen LogP contribution in [0.1, 0.15) is 95.6 Å². The molecular weight excluding hydrogens is 308 g/mol. The normalized spacial score (nSPS) is 10.8. The third kappa shape index (κ3) is 11.8. The van der Waals surface area contributed by atoms with Crippen molar-refractivity contribution in [2.24, 2.45) is 0 Å². The molecule has 0 atom stereocenters. The summed E-state index contributed by atoms with van der Waals surface area (Å²) in [6.07, 6.45) is 15.8. The van der Waals surface area contributed by atoms with Gasteiger partial charge in [-0.05, 0) is 50.2 Å². The highest BCUT2D eigenvalue weighted by Gasteiger charge is 2.01. The van der Waals surface area contributed by atoms with Crippen molar-refractivity contribution in [1.29, 1.82) is 0 Å². The number of hydrogen-bond acceptors (Lipinski definition) is 2. The molecular formula is C23H38O2. The SMILES string of the molecule is CCCCCCCCCCc1ccc(CCCCC(=O)OCC)cc1. The highest BCUT2D eigenvalue weighted by atomic mass is 16.5. The molecule has 1 aromatic carbocycles. The van der Waals surface area contributed by atoms with Crippen LogP contribution in [0, 0.1) is 0 Å². The van der Waals surface area contributed by atoms with E-state index in [9.17, 15) is 4.79 Å². The van der Waals surface area contributed by atoms with Gasteiger partial charge in [-0.15, -0.1) is 0 Å². The predicted molar refractivity (Wildman–Crippen MR) is 107 cm³/mol. The van der Waals surface area contributed by atoms with Crippen molar-refractivity contribution in [3.05, 3.63) is 35.4 Å². The number of benzene rings is 1. The average Bonchev–Trinajstić information content (AvgIpc) is 2.62. The second-order valence-electron chi connectivity index (χ2n) is 7.05. The van der Waals surface area contributed by atoms with Crippen molar-refractivity contribution >= 4 is 5.97 Å². The molecule has 0 aliphatic heterocycles. The summed E-state index contributed by atoms with van der Waals surface area (Å²) in [6.45, 7) is 4.61. The van der Waals surface area contributed by atoms with Crippen molar-refractivity contribution in [2.45, 2.75) is 97.3 Å². The molecule has 0 bridgehead atoms. The second-order valence-corrected chi connectivity index (χ2v) is 7.05. The Labute approximate surface area is 155 Å². The lowest BCUT2D eigenvalue weighted by Gasteiger charge is -2.05. The summed E-state index contributed by atoms with van der Waals surface area (Å²) in [5.41, 5.74) is 2.84. The number of hydrogen-bond donors (Lipinski definition) is 0. The highest BCUT2D eigenvalue weighted by Crippen LogP contribution is 2.13. The summed E-state index contributed by atoms with van der Waals surface area (Å²) < 4.78 is 4.95. The fraction of sp³-hybridized carbons (Fsp3) is 0.696. The van der Waals surface area contributed by atoms with Crippen LogP contribution < -0.4 is 0 Å². The molecule has 2 nitrogen and oxygen atoms in total. The zero-order chi connectivity index (χ0) is 18.2. The minimum Gasteiger partial charge on any atom is -0.466 e. The van der Waals surface area contributed by atoms with Gasteiger partial charge in [-0.3, -0.25) is 4.79 Å². The largest absolute Gasteiger partial charge is 0.466 e. The van der Waals surface area contributed by atoms with Crippen LogP contribution in [0.5, 0.6) is 0 Å². The molecule has 0 amide bonds. The molecule has 0 aliphatic carbocycles. The molecule has 0 aliphatic rings. The van der Waals surface area contributed by atoms with Crippen LogP contribution in [0.2, 0.25) is 0 Å². The summed E-state index contributed by atoms with van der Waals surface area (Å²) in [5, 5.41) is 0. The second kappa shape index (κ2) is 15.0. The molecule has 0 saturated heterocycles. The lowest BCUT2D eigenvalue weighted by atomic mass is 10.0. The van der Waals surface area contributed by atoms with Crippen LogP contribution in [0.4, 0.5) is 0 Å². The fourth-order valence-corrected chi connectivity index (χ4v) is 3.17. The van der Waals surface area contributed by atoms with E-state index in [0.29, 0.717) is 13.0 Å². The van der Waals surface area contributed by atoms with Gasteiger partial charge >= 0.3 is 5.97 Å². The quantitative estimate of drug-likeness (QED) is 0.263. The van der Waals surface area contributed by atoms with E-state index in [0.717, 1.165) is 19.3 Å². The molecule has 0 aromatic heterocycles. The first-order chi connectivity index (χ1) is 12.3. The van der Waals surface area contributed by atoms with E-state index in [1.165, 1.54) is 68.9 Å². The molecule has 0 heterocycles. The van der Waals surface area contributed by atoms with Crippen molar-refractivity contribution in [1.82, 2.24) is 0 Å². The van der Waals surface area contributed by atoms with E-state index >= 15 is 0 Å². The highest BCUT2D eigenvalue weighted by molar-refractivity contribution is 5.69. The molecule has 0 N–H and O–H groups in total. The van der Waals surface area contributed by atoms with Gasteiger partial charge in [-0.25, -0.2) is 0 Å². The van der Waals surface area contributed by atoms with Gasteiger partial charge < -0.3 is 4.74 Å². The van der Waals surface area contributed by atoms with Crippen molar-refractivity contribution in [3.63, 3.8) is 0 Å². The van der Waals surface area contributed by atoms with E-state index in [4.69, 9.17) is 4.74 Å². The summed E-state index contributed by atoms with van der Waals surface area (Å²) in [7, 11) is 0. The van der Waals surface area contributed by atoms with Gasteiger partial charge in [-0.1, -0.05) is 76.1 Å². The van der Waals surface area contributed by atoms with Gasteiger partial charge in [0, 0.05) is 6.42 Å². The van der Waals surface area contributed by atoms with E-state index < -0.39 is 0 Å². The smallest absolute Gasteiger partial charge is 0.305 e. The van der Waals surface area contributed by atoms with E-state index in [2.05, 4.69) is 31.2 Å².